The fourth-order valence-corrected chi connectivity index (χ4v) is 2.57. The zero-order valence-electron chi connectivity index (χ0n) is 12.1. The minimum absolute atomic E-state index is 0.00105. The van der Waals surface area contributed by atoms with Gasteiger partial charge < -0.3 is 9.64 Å². The van der Waals surface area contributed by atoms with Crippen molar-refractivity contribution in [3.63, 3.8) is 0 Å². The van der Waals surface area contributed by atoms with E-state index in [2.05, 4.69) is 0 Å². The van der Waals surface area contributed by atoms with Crippen LogP contribution < -0.4 is 4.74 Å². The van der Waals surface area contributed by atoms with E-state index in [1.54, 1.807) is 17.0 Å². The van der Waals surface area contributed by atoms with Crippen LogP contribution in [0.2, 0.25) is 0 Å². The fraction of sp³-hybridized carbons (Fsp3) is 0.222. The molecule has 2 aromatic rings. The third kappa shape index (κ3) is 3.34. The van der Waals surface area contributed by atoms with Gasteiger partial charge in [-0.25, -0.2) is 0 Å². The molecule has 0 saturated carbocycles. The second kappa shape index (κ2) is 6.43. The summed E-state index contributed by atoms with van der Waals surface area (Å²) >= 11 is 0. The molecule has 0 unspecified atom stereocenters. The van der Waals surface area contributed by atoms with Gasteiger partial charge in [0.1, 0.15) is 5.75 Å². The number of para-hydroxylation sites is 1. The van der Waals surface area contributed by atoms with Crippen LogP contribution in [0, 0.1) is 5.92 Å². The van der Waals surface area contributed by atoms with E-state index in [0.717, 1.165) is 5.56 Å². The Bertz CT molecular complexity index is 655. The second-order valence-electron chi connectivity index (χ2n) is 5.40. The van der Waals surface area contributed by atoms with E-state index in [-0.39, 0.29) is 18.3 Å². The van der Waals surface area contributed by atoms with Crippen LogP contribution >= 0.6 is 0 Å². The van der Waals surface area contributed by atoms with Crippen molar-refractivity contribution in [3.05, 3.63) is 66.2 Å². The monoisotopic (exact) mass is 295 g/mol. The minimum atomic E-state index is -0.392. The summed E-state index contributed by atoms with van der Waals surface area (Å²) in [6.07, 6.45) is 0.221. The lowest BCUT2D eigenvalue weighted by Crippen LogP contribution is -2.27. The van der Waals surface area contributed by atoms with E-state index in [9.17, 15) is 9.59 Å². The highest BCUT2D eigenvalue weighted by Gasteiger charge is 2.35. The van der Waals surface area contributed by atoms with Crippen molar-refractivity contribution in [2.24, 2.45) is 5.92 Å². The van der Waals surface area contributed by atoms with Gasteiger partial charge >= 0.3 is 5.97 Å². The summed E-state index contributed by atoms with van der Waals surface area (Å²) in [5.74, 6) is -0.216. The molecule has 1 amide bonds. The molecule has 1 heterocycles. The van der Waals surface area contributed by atoms with Gasteiger partial charge in [0.15, 0.2) is 0 Å². The van der Waals surface area contributed by atoms with Crippen molar-refractivity contribution >= 4 is 11.9 Å². The van der Waals surface area contributed by atoms with Gasteiger partial charge in [-0.15, -0.1) is 0 Å². The standard InChI is InChI=1S/C18H17NO3/c20-17-11-15(18(21)22-16-9-5-2-6-10-16)13-19(17)12-14-7-3-1-4-8-14/h1-10,15H,11-13H2/t15-/m0/s1. The first kappa shape index (κ1) is 14.3. The number of rotatable bonds is 4. The molecule has 1 aliphatic rings. The number of hydrogen-bond acceptors (Lipinski definition) is 3. The minimum Gasteiger partial charge on any atom is -0.426 e. The van der Waals surface area contributed by atoms with Gasteiger partial charge in [-0.3, -0.25) is 9.59 Å². The number of nitrogens with zero attached hydrogens (tertiary/aromatic N) is 1. The van der Waals surface area contributed by atoms with Crippen LogP contribution in [0.4, 0.5) is 0 Å². The van der Waals surface area contributed by atoms with E-state index < -0.39 is 5.92 Å². The van der Waals surface area contributed by atoms with E-state index >= 15 is 0 Å². The maximum Gasteiger partial charge on any atom is 0.316 e. The Hall–Kier alpha value is -2.62. The average molecular weight is 295 g/mol. The molecule has 0 spiro atoms. The zero-order chi connectivity index (χ0) is 15.4. The van der Waals surface area contributed by atoms with Crippen LogP contribution in [0.25, 0.3) is 0 Å². The maximum absolute atomic E-state index is 12.2. The summed E-state index contributed by atoms with van der Waals surface area (Å²) in [5.41, 5.74) is 1.06. The Labute approximate surface area is 129 Å². The smallest absolute Gasteiger partial charge is 0.316 e. The van der Waals surface area contributed by atoms with Gasteiger partial charge in [0, 0.05) is 19.5 Å². The Morgan fingerprint density at radius 1 is 1.05 bits per heavy atom. The number of ether oxygens (including phenoxy) is 1. The molecule has 3 rings (SSSR count). The molecular weight excluding hydrogens is 278 g/mol. The highest BCUT2D eigenvalue weighted by Crippen LogP contribution is 2.22. The number of likely N-dealkylation sites (tertiary alicyclic amines) is 1. The van der Waals surface area contributed by atoms with Crippen molar-refractivity contribution in [1.82, 2.24) is 4.90 Å². The van der Waals surface area contributed by atoms with Gasteiger partial charge in [-0.1, -0.05) is 48.5 Å². The second-order valence-corrected chi connectivity index (χ2v) is 5.40. The van der Waals surface area contributed by atoms with E-state index in [1.807, 2.05) is 48.5 Å². The van der Waals surface area contributed by atoms with Gasteiger partial charge in [0.05, 0.1) is 5.92 Å². The van der Waals surface area contributed by atoms with Gasteiger partial charge in [0.2, 0.25) is 5.91 Å². The largest absolute Gasteiger partial charge is 0.426 e. The first-order valence-corrected chi connectivity index (χ1v) is 7.31. The molecule has 4 nitrogen and oxygen atoms in total. The molecule has 4 heteroatoms. The quantitative estimate of drug-likeness (QED) is 0.643. The number of amides is 1. The molecule has 112 valence electrons. The number of esters is 1. The van der Waals surface area contributed by atoms with Crippen molar-refractivity contribution in [2.45, 2.75) is 13.0 Å². The third-order valence-corrected chi connectivity index (χ3v) is 3.73. The summed E-state index contributed by atoms with van der Waals surface area (Å²) in [5, 5.41) is 0. The van der Waals surface area contributed by atoms with Crippen LogP contribution in [0.15, 0.2) is 60.7 Å². The molecule has 0 bridgehead atoms. The molecule has 0 aromatic heterocycles. The number of carbonyl (C=O) groups is 2. The molecule has 22 heavy (non-hydrogen) atoms. The predicted molar refractivity (Wildman–Crippen MR) is 82.0 cm³/mol. The molecular formula is C18H17NO3. The molecule has 1 atom stereocenters. The van der Waals surface area contributed by atoms with Crippen LogP contribution in [-0.4, -0.2) is 23.3 Å². The molecule has 0 N–H and O–H groups in total. The summed E-state index contributed by atoms with van der Waals surface area (Å²) < 4.78 is 5.33. The van der Waals surface area contributed by atoms with Crippen LogP contribution in [0.5, 0.6) is 5.75 Å². The maximum atomic E-state index is 12.2. The van der Waals surface area contributed by atoms with Crippen molar-refractivity contribution in [1.29, 1.82) is 0 Å². The molecule has 2 aromatic carbocycles. The molecule has 1 aliphatic heterocycles. The normalized spacial score (nSPS) is 17.5. The lowest BCUT2D eigenvalue weighted by molar-refractivity contribution is -0.139. The van der Waals surface area contributed by atoms with Gasteiger partial charge in [0.25, 0.3) is 0 Å². The highest BCUT2D eigenvalue weighted by molar-refractivity contribution is 5.87. The topological polar surface area (TPSA) is 46.6 Å². The predicted octanol–water partition coefficient (Wildman–Crippen LogP) is 2.64. The van der Waals surface area contributed by atoms with E-state index in [1.165, 1.54) is 0 Å². The lowest BCUT2D eigenvalue weighted by Gasteiger charge is -2.16. The van der Waals surface area contributed by atoms with Gasteiger partial charge in [-0.05, 0) is 17.7 Å². The number of benzene rings is 2. The first-order chi connectivity index (χ1) is 10.7. The SMILES string of the molecule is O=C(Oc1ccccc1)[C@H]1CC(=O)N(Cc2ccccc2)C1. The number of carbonyl (C=O) groups excluding carboxylic acids is 2. The lowest BCUT2D eigenvalue weighted by atomic mass is 10.1. The zero-order valence-corrected chi connectivity index (χ0v) is 12.1. The Balaban J connectivity index is 1.60. The summed E-state index contributed by atoms with van der Waals surface area (Å²) in [6, 6.07) is 18.7. The number of hydrogen-bond donors (Lipinski definition) is 0. The van der Waals surface area contributed by atoms with E-state index in [4.69, 9.17) is 4.74 Å². The summed E-state index contributed by atoms with van der Waals surface area (Å²) in [4.78, 5) is 25.9. The summed E-state index contributed by atoms with van der Waals surface area (Å²) in [7, 11) is 0. The Morgan fingerprint density at radius 3 is 2.36 bits per heavy atom. The average Bonchev–Trinajstić information content (AvgIpc) is 2.90. The third-order valence-electron chi connectivity index (χ3n) is 3.73. The van der Waals surface area contributed by atoms with Crippen molar-refractivity contribution in [3.8, 4) is 5.75 Å². The summed E-state index contributed by atoms with van der Waals surface area (Å²) in [6.45, 7) is 0.953. The van der Waals surface area contributed by atoms with E-state index in [0.29, 0.717) is 18.8 Å². The molecule has 0 aliphatic carbocycles. The highest BCUT2D eigenvalue weighted by atomic mass is 16.5. The van der Waals surface area contributed by atoms with Gasteiger partial charge in [-0.2, -0.15) is 0 Å². The molecule has 1 fully saturated rings. The van der Waals surface area contributed by atoms with Crippen LogP contribution in [0.3, 0.4) is 0 Å². The van der Waals surface area contributed by atoms with Crippen molar-refractivity contribution in [2.75, 3.05) is 6.54 Å². The molecule has 0 radical (unpaired) electrons. The molecule has 1 saturated heterocycles. The Morgan fingerprint density at radius 2 is 1.68 bits per heavy atom. The first-order valence-electron chi connectivity index (χ1n) is 7.31. The fourth-order valence-electron chi connectivity index (χ4n) is 2.57. The van der Waals surface area contributed by atoms with Crippen LogP contribution in [-0.2, 0) is 16.1 Å². The van der Waals surface area contributed by atoms with Crippen LogP contribution in [0.1, 0.15) is 12.0 Å². The van der Waals surface area contributed by atoms with Crippen molar-refractivity contribution < 1.29 is 14.3 Å². The Kier molecular flexibility index (Phi) is 4.19.